The topological polar surface area (TPSA) is 38.8 Å². The van der Waals surface area contributed by atoms with Gasteiger partial charge in [0.05, 0.1) is 5.56 Å². The molecular weight excluding hydrogens is 216 g/mol. The maximum Gasteiger partial charge on any atom is 0.340 e. The Kier molecular flexibility index (Phi) is 3.79. The zero-order valence-electron chi connectivity index (χ0n) is 10.3. The molecule has 1 aromatic carbocycles. The molecule has 2 atom stereocenters. The molecule has 0 spiro atoms. The van der Waals surface area contributed by atoms with E-state index in [0.29, 0.717) is 5.56 Å². The van der Waals surface area contributed by atoms with Gasteiger partial charge in [0.25, 0.3) is 0 Å². The van der Waals surface area contributed by atoms with Crippen LogP contribution in [0, 0.1) is 6.92 Å². The molecule has 1 saturated heterocycles. The van der Waals surface area contributed by atoms with Gasteiger partial charge >= 0.3 is 5.97 Å². The highest BCUT2D eigenvalue weighted by atomic mass is 16.8. The summed E-state index contributed by atoms with van der Waals surface area (Å²) in [6, 6.07) is 7.43. The van der Waals surface area contributed by atoms with Crippen LogP contribution >= 0.6 is 0 Å². The van der Waals surface area contributed by atoms with Gasteiger partial charge in [-0.05, 0) is 25.0 Å². The van der Waals surface area contributed by atoms with Gasteiger partial charge in [0, 0.05) is 0 Å². The first-order valence-corrected chi connectivity index (χ1v) is 6.14. The highest BCUT2D eigenvalue weighted by Gasteiger charge is 2.42. The van der Waals surface area contributed by atoms with E-state index in [-0.39, 0.29) is 18.4 Å². The normalized spacial score (nSPS) is 22.2. The van der Waals surface area contributed by atoms with Crippen LogP contribution in [0.4, 0.5) is 0 Å². The molecule has 1 heterocycles. The van der Waals surface area contributed by atoms with Crippen molar-refractivity contribution in [3.05, 3.63) is 35.4 Å². The summed E-state index contributed by atoms with van der Waals surface area (Å²) in [5.74, 6) is -0.285. The fraction of sp³-hybridized carbons (Fsp3) is 0.500. The number of unbranched alkanes of at least 4 members (excludes halogenated alkanes) is 1. The Bertz CT molecular complexity index is 400. The SMILES string of the molecule is CCCC[C@@H]1O[C@@H]1OC(=O)c1ccccc1C. The zero-order chi connectivity index (χ0) is 12.3. The van der Waals surface area contributed by atoms with Crippen LogP contribution in [0.15, 0.2) is 24.3 Å². The molecule has 17 heavy (non-hydrogen) atoms. The molecule has 0 bridgehead atoms. The number of rotatable bonds is 5. The van der Waals surface area contributed by atoms with Crippen LogP contribution < -0.4 is 0 Å². The predicted molar refractivity (Wildman–Crippen MR) is 64.8 cm³/mol. The van der Waals surface area contributed by atoms with Gasteiger partial charge in [-0.3, -0.25) is 0 Å². The first kappa shape index (κ1) is 12.1. The summed E-state index contributed by atoms with van der Waals surface area (Å²) in [5, 5.41) is 0. The van der Waals surface area contributed by atoms with Gasteiger partial charge < -0.3 is 9.47 Å². The molecule has 1 aliphatic rings. The fourth-order valence-corrected chi connectivity index (χ4v) is 1.81. The summed E-state index contributed by atoms with van der Waals surface area (Å²) in [6.45, 7) is 4.04. The lowest BCUT2D eigenvalue weighted by Gasteiger charge is -2.04. The Hall–Kier alpha value is -1.35. The Labute approximate surface area is 102 Å². The smallest absolute Gasteiger partial charge is 0.340 e. The quantitative estimate of drug-likeness (QED) is 0.580. The Balaban J connectivity index is 1.85. The van der Waals surface area contributed by atoms with E-state index in [2.05, 4.69) is 6.92 Å². The molecule has 92 valence electrons. The van der Waals surface area contributed by atoms with Crippen LogP contribution in [0.1, 0.15) is 42.1 Å². The van der Waals surface area contributed by atoms with Crippen molar-refractivity contribution < 1.29 is 14.3 Å². The highest BCUT2D eigenvalue weighted by molar-refractivity contribution is 5.91. The molecule has 0 amide bonds. The van der Waals surface area contributed by atoms with E-state index in [4.69, 9.17) is 9.47 Å². The maximum atomic E-state index is 11.8. The molecule has 0 aliphatic carbocycles. The van der Waals surface area contributed by atoms with Crippen molar-refractivity contribution in [3.8, 4) is 0 Å². The summed E-state index contributed by atoms with van der Waals surface area (Å²) in [5.41, 5.74) is 1.56. The van der Waals surface area contributed by atoms with E-state index in [1.54, 1.807) is 6.07 Å². The second kappa shape index (κ2) is 5.32. The number of epoxide rings is 1. The Morgan fingerprint density at radius 1 is 1.41 bits per heavy atom. The lowest BCUT2D eigenvalue weighted by atomic mass is 10.1. The average molecular weight is 234 g/mol. The van der Waals surface area contributed by atoms with Crippen molar-refractivity contribution in [1.82, 2.24) is 0 Å². The summed E-state index contributed by atoms with van der Waals surface area (Å²) >= 11 is 0. The van der Waals surface area contributed by atoms with Crippen LogP contribution in [0.3, 0.4) is 0 Å². The van der Waals surface area contributed by atoms with Gasteiger partial charge in [0.15, 0.2) is 0 Å². The third kappa shape index (κ3) is 3.07. The van der Waals surface area contributed by atoms with Crippen LogP contribution in [0.25, 0.3) is 0 Å². The van der Waals surface area contributed by atoms with Crippen LogP contribution in [0.2, 0.25) is 0 Å². The van der Waals surface area contributed by atoms with E-state index >= 15 is 0 Å². The second-order valence-corrected chi connectivity index (χ2v) is 4.41. The summed E-state index contributed by atoms with van der Waals surface area (Å²) in [6.07, 6.45) is 3.01. The molecule has 1 fully saturated rings. The second-order valence-electron chi connectivity index (χ2n) is 4.41. The Morgan fingerprint density at radius 3 is 2.88 bits per heavy atom. The molecule has 0 radical (unpaired) electrons. The van der Waals surface area contributed by atoms with Gasteiger partial charge in [-0.2, -0.15) is 0 Å². The molecule has 3 heteroatoms. The Morgan fingerprint density at radius 2 is 2.18 bits per heavy atom. The van der Waals surface area contributed by atoms with Crippen LogP contribution in [0.5, 0.6) is 0 Å². The average Bonchev–Trinajstić information content (AvgIpc) is 3.05. The van der Waals surface area contributed by atoms with E-state index in [1.807, 2.05) is 25.1 Å². The molecule has 1 aromatic rings. The molecule has 0 aromatic heterocycles. The molecule has 0 unspecified atom stereocenters. The van der Waals surface area contributed by atoms with Gasteiger partial charge in [-0.25, -0.2) is 4.79 Å². The van der Waals surface area contributed by atoms with E-state index in [1.165, 1.54) is 0 Å². The van der Waals surface area contributed by atoms with E-state index in [0.717, 1.165) is 24.8 Å². The number of carbonyl (C=O) groups is 1. The maximum absolute atomic E-state index is 11.8. The van der Waals surface area contributed by atoms with Gasteiger partial charge in [-0.1, -0.05) is 38.0 Å². The minimum atomic E-state index is -0.325. The highest BCUT2D eigenvalue weighted by Crippen LogP contribution is 2.29. The van der Waals surface area contributed by atoms with Gasteiger partial charge in [0.2, 0.25) is 6.29 Å². The molecule has 1 aliphatic heterocycles. The lowest BCUT2D eigenvalue weighted by Crippen LogP contribution is -2.11. The predicted octanol–water partition coefficient (Wildman–Crippen LogP) is 3.07. The minimum absolute atomic E-state index is 0.114. The van der Waals surface area contributed by atoms with E-state index < -0.39 is 0 Å². The van der Waals surface area contributed by atoms with Crippen molar-refractivity contribution in [2.24, 2.45) is 0 Å². The number of hydrogen-bond donors (Lipinski definition) is 0. The van der Waals surface area contributed by atoms with Crippen molar-refractivity contribution in [2.75, 3.05) is 0 Å². The number of esters is 1. The monoisotopic (exact) mass is 234 g/mol. The minimum Gasteiger partial charge on any atom is -0.429 e. The van der Waals surface area contributed by atoms with Crippen LogP contribution in [-0.2, 0) is 9.47 Å². The third-order valence-electron chi connectivity index (χ3n) is 2.97. The number of carbonyl (C=O) groups excluding carboxylic acids is 1. The lowest BCUT2D eigenvalue weighted by molar-refractivity contribution is 0.0296. The summed E-state index contributed by atoms with van der Waals surface area (Å²) in [4.78, 5) is 11.8. The number of aryl methyl sites for hydroxylation is 1. The fourth-order valence-electron chi connectivity index (χ4n) is 1.81. The largest absolute Gasteiger partial charge is 0.429 e. The molecule has 2 rings (SSSR count). The number of hydrogen-bond acceptors (Lipinski definition) is 3. The summed E-state index contributed by atoms with van der Waals surface area (Å²) < 4.78 is 10.6. The third-order valence-corrected chi connectivity index (χ3v) is 2.97. The van der Waals surface area contributed by atoms with Crippen molar-refractivity contribution in [1.29, 1.82) is 0 Å². The van der Waals surface area contributed by atoms with Crippen LogP contribution in [-0.4, -0.2) is 18.4 Å². The first-order valence-electron chi connectivity index (χ1n) is 6.14. The van der Waals surface area contributed by atoms with Gasteiger partial charge in [0.1, 0.15) is 6.10 Å². The molecule has 0 N–H and O–H groups in total. The standard InChI is InChI=1S/C14H18O3/c1-3-4-9-12-14(16-12)17-13(15)11-8-6-5-7-10(11)2/h5-8,12,14H,3-4,9H2,1-2H3/t12-,14+/m0/s1. The zero-order valence-corrected chi connectivity index (χ0v) is 10.3. The van der Waals surface area contributed by atoms with E-state index in [9.17, 15) is 4.79 Å². The van der Waals surface area contributed by atoms with Crippen molar-refractivity contribution >= 4 is 5.97 Å². The van der Waals surface area contributed by atoms with Crippen molar-refractivity contribution in [3.63, 3.8) is 0 Å². The summed E-state index contributed by atoms with van der Waals surface area (Å²) in [7, 11) is 0. The molecular formula is C14H18O3. The van der Waals surface area contributed by atoms with Gasteiger partial charge in [-0.15, -0.1) is 0 Å². The number of benzene rings is 1. The molecule has 3 nitrogen and oxygen atoms in total. The number of ether oxygens (including phenoxy) is 2. The van der Waals surface area contributed by atoms with Crippen molar-refractivity contribution in [2.45, 2.75) is 45.5 Å². The molecule has 0 saturated carbocycles. The first-order chi connectivity index (χ1) is 8.22.